The minimum absolute atomic E-state index is 0.215. The number of aryl methyl sites for hydroxylation is 1. The molecular formula is C13H11BrN2O2S. The summed E-state index contributed by atoms with van der Waals surface area (Å²) >= 11 is 8.30. The van der Waals surface area contributed by atoms with Gasteiger partial charge in [-0.2, -0.15) is 0 Å². The molecule has 19 heavy (non-hydrogen) atoms. The first-order valence-electron chi connectivity index (χ1n) is 5.44. The van der Waals surface area contributed by atoms with Crippen LogP contribution in [0.2, 0.25) is 0 Å². The van der Waals surface area contributed by atoms with Crippen molar-refractivity contribution in [2.75, 3.05) is 5.32 Å². The van der Waals surface area contributed by atoms with E-state index < -0.39 is 0 Å². The Bertz CT molecular complexity index is 652. The molecule has 2 aromatic rings. The Kier molecular flexibility index (Phi) is 4.01. The van der Waals surface area contributed by atoms with Gasteiger partial charge in [0.1, 0.15) is 10.7 Å². The smallest absolute Gasteiger partial charge is 0.291 e. The first kappa shape index (κ1) is 13.8. The van der Waals surface area contributed by atoms with Crippen LogP contribution in [0.15, 0.2) is 39.2 Å². The molecular weight excluding hydrogens is 328 g/mol. The number of furan rings is 1. The highest BCUT2D eigenvalue weighted by atomic mass is 79.9. The zero-order valence-corrected chi connectivity index (χ0v) is 12.5. The van der Waals surface area contributed by atoms with Crippen molar-refractivity contribution in [1.82, 2.24) is 0 Å². The molecule has 0 aliphatic rings. The number of benzene rings is 1. The quantitative estimate of drug-likeness (QED) is 0.843. The van der Waals surface area contributed by atoms with Gasteiger partial charge in [0.2, 0.25) is 0 Å². The van der Waals surface area contributed by atoms with Gasteiger partial charge in [0.15, 0.2) is 5.76 Å². The van der Waals surface area contributed by atoms with Gasteiger partial charge in [-0.25, -0.2) is 0 Å². The third-order valence-corrected chi connectivity index (χ3v) is 3.17. The maximum Gasteiger partial charge on any atom is 0.291 e. The predicted molar refractivity (Wildman–Crippen MR) is 81.4 cm³/mol. The molecule has 0 saturated carbocycles. The van der Waals surface area contributed by atoms with Gasteiger partial charge in [-0.3, -0.25) is 4.79 Å². The van der Waals surface area contributed by atoms with E-state index in [0.29, 0.717) is 17.0 Å². The molecule has 0 aliphatic carbocycles. The summed E-state index contributed by atoms with van der Waals surface area (Å²) in [6.07, 6.45) is 0. The molecule has 1 aromatic heterocycles. The lowest BCUT2D eigenvalue weighted by Crippen LogP contribution is -2.17. The van der Waals surface area contributed by atoms with Crippen molar-refractivity contribution in [3.05, 3.63) is 51.9 Å². The van der Waals surface area contributed by atoms with Crippen molar-refractivity contribution in [1.29, 1.82) is 0 Å². The summed E-state index contributed by atoms with van der Waals surface area (Å²) in [6.45, 7) is 1.77. The summed E-state index contributed by atoms with van der Waals surface area (Å²) in [7, 11) is 0. The van der Waals surface area contributed by atoms with E-state index in [-0.39, 0.29) is 16.7 Å². The molecule has 0 atom stereocenters. The van der Waals surface area contributed by atoms with Crippen LogP contribution in [0.25, 0.3) is 0 Å². The molecule has 0 fully saturated rings. The number of nitrogens with one attached hydrogen (secondary N) is 1. The maximum absolute atomic E-state index is 12.0. The highest BCUT2D eigenvalue weighted by Crippen LogP contribution is 2.22. The van der Waals surface area contributed by atoms with Crippen molar-refractivity contribution in [2.45, 2.75) is 6.92 Å². The lowest BCUT2D eigenvalue weighted by Gasteiger charge is -2.09. The molecule has 1 amide bonds. The first-order valence-corrected chi connectivity index (χ1v) is 6.64. The highest BCUT2D eigenvalue weighted by molar-refractivity contribution is 9.10. The summed E-state index contributed by atoms with van der Waals surface area (Å²) in [4.78, 5) is 12.2. The Morgan fingerprint density at radius 1 is 1.37 bits per heavy atom. The van der Waals surface area contributed by atoms with Gasteiger partial charge in [-0.15, -0.1) is 0 Å². The van der Waals surface area contributed by atoms with E-state index in [2.05, 4.69) is 21.2 Å². The van der Waals surface area contributed by atoms with Gasteiger partial charge in [0.25, 0.3) is 5.91 Å². The van der Waals surface area contributed by atoms with Gasteiger partial charge in [-0.05, 0) is 37.3 Å². The third-order valence-electron chi connectivity index (χ3n) is 2.46. The maximum atomic E-state index is 12.0. The Labute approximate surface area is 124 Å². The summed E-state index contributed by atoms with van der Waals surface area (Å²) in [6, 6.07) is 8.62. The van der Waals surface area contributed by atoms with Crippen molar-refractivity contribution in [2.24, 2.45) is 5.73 Å². The molecule has 2 rings (SSSR count). The minimum atomic E-state index is -0.340. The van der Waals surface area contributed by atoms with E-state index in [1.807, 2.05) is 0 Å². The summed E-state index contributed by atoms with van der Waals surface area (Å²) in [5, 5.41) is 2.73. The number of halogens is 1. The van der Waals surface area contributed by atoms with Gasteiger partial charge in [0, 0.05) is 10.0 Å². The fourth-order valence-electron chi connectivity index (χ4n) is 1.57. The summed E-state index contributed by atoms with van der Waals surface area (Å²) in [5.41, 5.74) is 6.79. The van der Waals surface area contributed by atoms with E-state index in [1.165, 1.54) is 0 Å². The average molecular weight is 339 g/mol. The highest BCUT2D eigenvalue weighted by Gasteiger charge is 2.13. The van der Waals surface area contributed by atoms with Crippen LogP contribution in [0.5, 0.6) is 0 Å². The van der Waals surface area contributed by atoms with Gasteiger partial charge in [0.05, 0.1) is 5.69 Å². The van der Waals surface area contributed by atoms with Crippen molar-refractivity contribution >= 4 is 44.7 Å². The molecule has 0 unspecified atom stereocenters. The molecule has 4 nitrogen and oxygen atoms in total. The minimum Gasteiger partial charge on any atom is -0.456 e. The van der Waals surface area contributed by atoms with Gasteiger partial charge >= 0.3 is 0 Å². The van der Waals surface area contributed by atoms with Gasteiger partial charge < -0.3 is 15.5 Å². The molecule has 3 N–H and O–H groups in total. The zero-order chi connectivity index (χ0) is 14.0. The molecule has 0 bridgehead atoms. The number of carbonyl (C=O) groups excluding carboxylic acids is 1. The van der Waals surface area contributed by atoms with Crippen molar-refractivity contribution in [3.63, 3.8) is 0 Å². The summed E-state index contributed by atoms with van der Waals surface area (Å²) < 4.78 is 6.09. The topological polar surface area (TPSA) is 68.3 Å². The SMILES string of the molecule is Cc1ccc(C(=O)Nc2ccc(Br)cc2C(N)=S)o1. The normalized spacial score (nSPS) is 10.2. The number of carbonyl (C=O) groups is 1. The molecule has 1 heterocycles. The predicted octanol–water partition coefficient (Wildman–Crippen LogP) is 3.24. The Morgan fingerprint density at radius 3 is 2.68 bits per heavy atom. The van der Waals surface area contributed by atoms with Crippen LogP contribution >= 0.6 is 28.1 Å². The zero-order valence-electron chi connectivity index (χ0n) is 10.1. The molecule has 6 heteroatoms. The van der Waals surface area contributed by atoms with Crippen LogP contribution in [0, 0.1) is 6.92 Å². The number of rotatable bonds is 3. The van der Waals surface area contributed by atoms with E-state index in [0.717, 1.165) is 4.47 Å². The molecule has 0 aliphatic heterocycles. The van der Waals surface area contributed by atoms with E-state index >= 15 is 0 Å². The van der Waals surface area contributed by atoms with Crippen molar-refractivity contribution < 1.29 is 9.21 Å². The number of hydrogen-bond donors (Lipinski definition) is 2. The fourth-order valence-corrected chi connectivity index (χ4v) is 2.10. The van der Waals surface area contributed by atoms with Crippen LogP contribution in [0.4, 0.5) is 5.69 Å². The second-order valence-electron chi connectivity index (χ2n) is 3.92. The molecule has 0 radical (unpaired) electrons. The Hall–Kier alpha value is -1.66. The second-order valence-corrected chi connectivity index (χ2v) is 5.27. The Balaban J connectivity index is 2.28. The summed E-state index contributed by atoms with van der Waals surface area (Å²) in [5.74, 6) is 0.581. The Morgan fingerprint density at radius 2 is 2.11 bits per heavy atom. The average Bonchev–Trinajstić information content (AvgIpc) is 2.78. The molecule has 0 saturated heterocycles. The van der Waals surface area contributed by atoms with Crippen molar-refractivity contribution in [3.8, 4) is 0 Å². The van der Waals surface area contributed by atoms with Crippen LogP contribution in [0.3, 0.4) is 0 Å². The van der Waals surface area contributed by atoms with Crippen LogP contribution < -0.4 is 11.1 Å². The third kappa shape index (κ3) is 3.21. The van der Waals surface area contributed by atoms with Gasteiger partial charge in [-0.1, -0.05) is 28.1 Å². The second kappa shape index (κ2) is 5.54. The monoisotopic (exact) mass is 338 g/mol. The number of thiocarbonyl (C=S) groups is 1. The number of nitrogens with two attached hydrogens (primary N) is 1. The lowest BCUT2D eigenvalue weighted by molar-refractivity contribution is 0.0995. The number of anilines is 1. The number of amides is 1. The fraction of sp³-hybridized carbons (Fsp3) is 0.0769. The molecule has 1 aromatic carbocycles. The van der Waals surface area contributed by atoms with Crippen LogP contribution in [0.1, 0.15) is 21.9 Å². The van der Waals surface area contributed by atoms with Crippen LogP contribution in [-0.4, -0.2) is 10.9 Å². The first-order chi connectivity index (χ1) is 8.97. The van der Waals surface area contributed by atoms with E-state index in [4.69, 9.17) is 22.4 Å². The van der Waals surface area contributed by atoms with E-state index in [1.54, 1.807) is 37.3 Å². The molecule has 98 valence electrons. The molecule has 0 spiro atoms. The van der Waals surface area contributed by atoms with E-state index in [9.17, 15) is 4.79 Å². The standard InChI is InChI=1S/C13H11BrN2O2S/c1-7-2-5-11(18-7)13(17)16-10-4-3-8(14)6-9(10)12(15)19/h2-6H,1H3,(H2,15,19)(H,16,17). The van der Waals surface area contributed by atoms with Crippen LogP contribution in [-0.2, 0) is 0 Å². The number of hydrogen-bond acceptors (Lipinski definition) is 3. The largest absolute Gasteiger partial charge is 0.456 e. The lowest BCUT2D eigenvalue weighted by atomic mass is 10.1.